The third kappa shape index (κ3) is 2.30. The third-order valence-electron chi connectivity index (χ3n) is 1.57. The largest absolute Gasteiger partial charge is 1.00 e. The van der Waals surface area contributed by atoms with Crippen LogP contribution in [0.3, 0.4) is 0 Å². The number of thiazole rings is 1. The van der Waals surface area contributed by atoms with Gasteiger partial charge in [-0.1, -0.05) is 12.1 Å². The molecule has 14 heavy (non-hydrogen) atoms. The number of nitro benzene ring substituents is 1. The number of fused-ring (bicyclic) bond motifs is 1. The van der Waals surface area contributed by atoms with Crippen molar-refractivity contribution in [1.82, 2.24) is 4.98 Å². The van der Waals surface area contributed by atoms with Crippen LogP contribution in [0, 0.1) is 10.1 Å². The summed E-state index contributed by atoms with van der Waals surface area (Å²) in [5, 5.41) is 10.6. The summed E-state index contributed by atoms with van der Waals surface area (Å²) in [4.78, 5) is 14.0. The molecule has 1 aromatic heterocycles. The Bertz CT molecular complexity index is 485. The van der Waals surface area contributed by atoms with E-state index in [4.69, 9.17) is 12.6 Å². The molecule has 4 nitrogen and oxygen atoms in total. The molecular weight excluding hydrogens is 247 g/mol. The van der Waals surface area contributed by atoms with E-state index in [2.05, 4.69) is 4.98 Å². The van der Waals surface area contributed by atoms with Crippen molar-refractivity contribution in [2.45, 2.75) is 4.34 Å². The number of nitro groups is 1. The summed E-state index contributed by atoms with van der Waals surface area (Å²) in [7, 11) is 0. The molecule has 0 spiro atoms. The minimum absolute atomic E-state index is 0. The van der Waals surface area contributed by atoms with E-state index < -0.39 is 4.92 Å². The van der Waals surface area contributed by atoms with Crippen molar-refractivity contribution in [2.75, 3.05) is 0 Å². The number of hydrogen-bond acceptors (Lipinski definition) is 5. The van der Waals surface area contributed by atoms with Gasteiger partial charge in [0.15, 0.2) is 0 Å². The summed E-state index contributed by atoms with van der Waals surface area (Å²) in [6.45, 7) is 0. The van der Waals surface area contributed by atoms with Crippen molar-refractivity contribution >= 4 is 39.9 Å². The van der Waals surface area contributed by atoms with Crippen LogP contribution < -0.4 is 51.4 Å². The van der Waals surface area contributed by atoms with Crippen LogP contribution in [-0.2, 0) is 12.6 Å². The second-order valence-electron chi connectivity index (χ2n) is 2.36. The summed E-state index contributed by atoms with van der Waals surface area (Å²) in [6.07, 6.45) is 0. The van der Waals surface area contributed by atoms with Crippen molar-refractivity contribution < 1.29 is 56.3 Å². The fourth-order valence-electron chi connectivity index (χ4n) is 1.06. The van der Waals surface area contributed by atoms with Gasteiger partial charge in [0, 0.05) is 6.07 Å². The van der Waals surface area contributed by atoms with Gasteiger partial charge < -0.3 is 24.0 Å². The molecule has 0 atom stereocenters. The summed E-state index contributed by atoms with van der Waals surface area (Å²) in [5.74, 6) is 0. The Kier molecular flexibility index (Phi) is 4.38. The van der Waals surface area contributed by atoms with Crippen LogP contribution in [0.4, 0.5) is 5.69 Å². The van der Waals surface area contributed by atoms with E-state index in [-0.39, 0.29) is 57.1 Å². The molecule has 2 aromatic rings. The van der Waals surface area contributed by atoms with Crippen LogP contribution in [0.5, 0.6) is 0 Å². The minimum atomic E-state index is -0.448. The van der Waals surface area contributed by atoms with E-state index >= 15 is 0 Å². The molecule has 0 aliphatic rings. The Hall–Kier alpha value is 0.366. The molecule has 0 radical (unpaired) electrons. The van der Waals surface area contributed by atoms with Crippen LogP contribution in [0.15, 0.2) is 22.5 Å². The number of nitrogens with zero attached hydrogens (tertiary/aromatic N) is 2. The standard InChI is InChI=1S/C7H4N2O2S2.K/c10-9(11)4-2-1-3-5-6(4)8-7(12)13-5;/h1-3H,(H,8,12);/q;+1/p-1. The third-order valence-corrected chi connectivity index (χ3v) is 2.73. The molecule has 1 aromatic carbocycles. The van der Waals surface area contributed by atoms with Crippen molar-refractivity contribution in [2.24, 2.45) is 0 Å². The molecule has 0 bridgehead atoms. The Balaban J connectivity index is 0.000000980. The molecule has 1 heterocycles. The molecule has 0 saturated carbocycles. The molecule has 0 N–H and O–H groups in total. The maximum Gasteiger partial charge on any atom is 1.00 e. The molecule has 0 saturated heterocycles. The molecule has 0 unspecified atom stereocenters. The van der Waals surface area contributed by atoms with E-state index in [1.54, 1.807) is 12.1 Å². The van der Waals surface area contributed by atoms with Crippen LogP contribution >= 0.6 is 11.3 Å². The van der Waals surface area contributed by atoms with Crippen LogP contribution in [0.25, 0.3) is 10.2 Å². The maximum absolute atomic E-state index is 10.6. The van der Waals surface area contributed by atoms with Crippen LogP contribution in [0.2, 0.25) is 0 Å². The SMILES string of the molecule is O=[N+]([O-])c1cccc2sc([S-])nc12.[K+]. The minimum Gasteiger partial charge on any atom is -0.408 e. The van der Waals surface area contributed by atoms with Crippen molar-refractivity contribution in [1.29, 1.82) is 0 Å². The molecule has 66 valence electrons. The van der Waals surface area contributed by atoms with Gasteiger partial charge in [0.1, 0.15) is 5.52 Å². The van der Waals surface area contributed by atoms with Crippen LogP contribution in [0.1, 0.15) is 0 Å². The van der Waals surface area contributed by atoms with Crippen LogP contribution in [-0.4, -0.2) is 9.91 Å². The molecule has 7 heteroatoms. The fraction of sp³-hybridized carbons (Fsp3) is 0. The average molecular weight is 250 g/mol. The zero-order valence-electron chi connectivity index (χ0n) is 7.26. The zero-order valence-corrected chi connectivity index (χ0v) is 12.0. The van der Waals surface area contributed by atoms with Gasteiger partial charge in [-0.15, -0.1) is 0 Å². The number of aromatic nitrogens is 1. The normalized spacial score (nSPS) is 9.71. The van der Waals surface area contributed by atoms with Gasteiger partial charge in [-0.25, -0.2) is 0 Å². The predicted molar refractivity (Wildman–Crippen MR) is 51.9 cm³/mol. The molecular formula is C7H3KN2O2S2. The van der Waals surface area contributed by atoms with E-state index in [1.165, 1.54) is 17.4 Å². The zero-order chi connectivity index (χ0) is 9.42. The quantitative estimate of drug-likeness (QED) is 0.285. The second-order valence-corrected chi connectivity index (χ2v) is 4.04. The second kappa shape index (κ2) is 4.93. The van der Waals surface area contributed by atoms with E-state index in [0.29, 0.717) is 9.86 Å². The number of hydrogen-bond donors (Lipinski definition) is 0. The fourth-order valence-corrected chi connectivity index (χ4v) is 2.14. The number of non-ortho nitro benzene ring substituents is 1. The Morgan fingerprint density at radius 1 is 1.50 bits per heavy atom. The summed E-state index contributed by atoms with van der Waals surface area (Å²) < 4.78 is 1.20. The number of para-hydroxylation sites is 1. The monoisotopic (exact) mass is 250 g/mol. The first-order valence-electron chi connectivity index (χ1n) is 3.39. The number of rotatable bonds is 1. The Labute approximate surface area is 132 Å². The Morgan fingerprint density at radius 2 is 2.21 bits per heavy atom. The van der Waals surface area contributed by atoms with Gasteiger partial charge in [0.05, 0.1) is 4.92 Å². The van der Waals surface area contributed by atoms with E-state index in [0.717, 1.165) is 4.70 Å². The first-order valence-corrected chi connectivity index (χ1v) is 4.62. The summed E-state index contributed by atoms with van der Waals surface area (Å²) >= 11 is 6.13. The molecule has 0 fully saturated rings. The molecule has 2 rings (SSSR count). The number of benzene rings is 1. The van der Waals surface area contributed by atoms with Crippen molar-refractivity contribution in [3.8, 4) is 0 Å². The van der Waals surface area contributed by atoms with E-state index in [9.17, 15) is 10.1 Å². The molecule has 0 aliphatic heterocycles. The first-order chi connectivity index (χ1) is 6.18. The van der Waals surface area contributed by atoms with Crippen molar-refractivity contribution in [3.05, 3.63) is 28.3 Å². The van der Waals surface area contributed by atoms with Gasteiger partial charge in [0.25, 0.3) is 5.69 Å². The van der Waals surface area contributed by atoms with Gasteiger partial charge in [-0.2, -0.15) is 0 Å². The van der Waals surface area contributed by atoms with Gasteiger partial charge in [-0.3, -0.25) is 15.1 Å². The average Bonchev–Trinajstić information content (AvgIpc) is 2.43. The maximum atomic E-state index is 10.6. The molecule has 0 aliphatic carbocycles. The summed E-state index contributed by atoms with van der Waals surface area (Å²) in [5.41, 5.74) is 0.410. The van der Waals surface area contributed by atoms with E-state index in [1.807, 2.05) is 0 Å². The van der Waals surface area contributed by atoms with Gasteiger partial charge in [-0.05, 0) is 9.04 Å². The summed E-state index contributed by atoms with van der Waals surface area (Å²) in [6, 6.07) is 4.83. The van der Waals surface area contributed by atoms with Gasteiger partial charge in [0.2, 0.25) is 0 Å². The molecule has 0 amide bonds. The smallest absolute Gasteiger partial charge is 0.408 e. The van der Waals surface area contributed by atoms with Gasteiger partial charge >= 0.3 is 51.4 Å². The first kappa shape index (κ1) is 12.4. The topological polar surface area (TPSA) is 56.0 Å². The predicted octanol–water partition coefficient (Wildman–Crippen LogP) is -0.886. The van der Waals surface area contributed by atoms with Crippen molar-refractivity contribution in [3.63, 3.8) is 0 Å². The Morgan fingerprint density at radius 3 is 2.86 bits per heavy atom.